The lowest BCUT2D eigenvalue weighted by atomic mass is 10.1. The number of hydrogen-bond donors (Lipinski definition) is 2. The zero-order chi connectivity index (χ0) is 11.1. The topological polar surface area (TPSA) is 58.6 Å². The molecule has 0 aliphatic carbocycles. The van der Waals surface area contributed by atoms with Gasteiger partial charge >= 0.3 is 0 Å². The molecule has 0 saturated heterocycles. The molecule has 0 fully saturated rings. The highest BCUT2D eigenvalue weighted by atomic mass is 16.5. The maximum absolute atomic E-state index is 11.2. The first-order valence-electron chi connectivity index (χ1n) is 4.93. The van der Waals surface area contributed by atoms with Gasteiger partial charge in [-0.3, -0.25) is 4.79 Å². The number of amides is 1. The van der Waals surface area contributed by atoms with E-state index in [-0.39, 0.29) is 18.3 Å². The zero-order valence-electron chi connectivity index (χ0n) is 8.36. The third-order valence-electron chi connectivity index (χ3n) is 2.59. The van der Waals surface area contributed by atoms with E-state index in [9.17, 15) is 9.90 Å². The van der Waals surface area contributed by atoms with E-state index in [1.807, 2.05) is 24.3 Å². The zero-order valence-corrected chi connectivity index (χ0v) is 8.36. The summed E-state index contributed by atoms with van der Waals surface area (Å²) in [5, 5.41) is 14.2. The van der Waals surface area contributed by atoms with E-state index in [1.54, 1.807) is 6.07 Å². The third-order valence-corrected chi connectivity index (χ3v) is 2.59. The number of phenols is 1. The molecule has 4 nitrogen and oxygen atoms in total. The van der Waals surface area contributed by atoms with E-state index in [4.69, 9.17) is 4.74 Å². The van der Waals surface area contributed by atoms with Crippen molar-refractivity contribution in [2.24, 2.45) is 0 Å². The highest BCUT2D eigenvalue weighted by Crippen LogP contribution is 2.42. The van der Waals surface area contributed by atoms with Gasteiger partial charge in [0.05, 0.1) is 0 Å². The van der Waals surface area contributed by atoms with Gasteiger partial charge in [-0.15, -0.1) is 0 Å². The van der Waals surface area contributed by atoms with Crippen LogP contribution in [0.2, 0.25) is 0 Å². The summed E-state index contributed by atoms with van der Waals surface area (Å²) >= 11 is 0. The van der Waals surface area contributed by atoms with E-state index in [0.717, 1.165) is 10.8 Å². The van der Waals surface area contributed by atoms with E-state index in [2.05, 4.69) is 5.32 Å². The predicted molar refractivity (Wildman–Crippen MR) is 59.7 cm³/mol. The van der Waals surface area contributed by atoms with Gasteiger partial charge in [0, 0.05) is 5.39 Å². The SMILES string of the molecule is O=C1COc2c(c(O)cc3ccccc23)N1. The second kappa shape index (κ2) is 3.13. The van der Waals surface area contributed by atoms with Crippen LogP contribution in [0.25, 0.3) is 10.8 Å². The Bertz CT molecular complexity index is 592. The molecule has 2 aromatic rings. The van der Waals surface area contributed by atoms with Crippen LogP contribution in [0, 0.1) is 0 Å². The number of carbonyl (C=O) groups excluding carboxylic acids is 1. The summed E-state index contributed by atoms with van der Waals surface area (Å²) in [6.07, 6.45) is 0. The number of anilines is 1. The van der Waals surface area contributed by atoms with Crippen molar-refractivity contribution in [3.63, 3.8) is 0 Å². The summed E-state index contributed by atoms with van der Waals surface area (Å²) in [5.41, 5.74) is 0.356. The van der Waals surface area contributed by atoms with E-state index in [1.165, 1.54) is 0 Å². The number of nitrogens with one attached hydrogen (secondary N) is 1. The first-order valence-corrected chi connectivity index (χ1v) is 4.93. The number of ether oxygens (including phenoxy) is 1. The minimum atomic E-state index is -0.252. The van der Waals surface area contributed by atoms with Crippen LogP contribution < -0.4 is 10.1 Å². The Kier molecular flexibility index (Phi) is 1.77. The molecule has 1 amide bonds. The first-order chi connectivity index (χ1) is 7.75. The van der Waals surface area contributed by atoms with Crippen molar-refractivity contribution < 1.29 is 14.6 Å². The first kappa shape index (κ1) is 9.03. The summed E-state index contributed by atoms with van der Waals surface area (Å²) in [6, 6.07) is 9.17. The molecule has 2 N–H and O–H groups in total. The monoisotopic (exact) mass is 215 g/mol. The van der Waals surface area contributed by atoms with Gasteiger partial charge in [-0.25, -0.2) is 0 Å². The summed E-state index contributed by atoms with van der Waals surface area (Å²) in [6.45, 7) is -0.0134. The van der Waals surface area contributed by atoms with Gasteiger partial charge in [-0.1, -0.05) is 24.3 Å². The van der Waals surface area contributed by atoms with Crippen LogP contribution in [0.1, 0.15) is 0 Å². The Balaban J connectivity index is 2.36. The Morgan fingerprint density at radius 1 is 1.31 bits per heavy atom. The number of hydrogen-bond acceptors (Lipinski definition) is 3. The summed E-state index contributed by atoms with van der Waals surface area (Å²) in [4.78, 5) is 11.2. The Labute approximate surface area is 91.5 Å². The van der Waals surface area contributed by atoms with Crippen LogP contribution in [0.4, 0.5) is 5.69 Å². The molecule has 0 radical (unpaired) electrons. The van der Waals surface area contributed by atoms with Crippen LogP contribution >= 0.6 is 0 Å². The van der Waals surface area contributed by atoms with Crippen molar-refractivity contribution in [3.8, 4) is 11.5 Å². The minimum absolute atomic E-state index is 0.0134. The molecule has 1 aliphatic rings. The quantitative estimate of drug-likeness (QED) is 0.659. The Morgan fingerprint density at radius 3 is 3.00 bits per heavy atom. The standard InChI is InChI=1S/C12H9NO3/c14-9-5-7-3-1-2-4-8(7)12-11(9)13-10(15)6-16-12/h1-5,14H,6H2,(H,13,15). The summed E-state index contributed by atoms with van der Waals surface area (Å²) < 4.78 is 5.36. The molecule has 2 aromatic carbocycles. The lowest BCUT2D eigenvalue weighted by Gasteiger charge is -2.20. The van der Waals surface area contributed by atoms with Crippen molar-refractivity contribution in [1.29, 1.82) is 0 Å². The van der Waals surface area contributed by atoms with Crippen molar-refractivity contribution in [3.05, 3.63) is 30.3 Å². The molecule has 1 aliphatic heterocycles. The van der Waals surface area contributed by atoms with Crippen LogP contribution in [0.3, 0.4) is 0 Å². The average Bonchev–Trinajstić information content (AvgIpc) is 2.29. The number of carbonyl (C=O) groups is 1. The van der Waals surface area contributed by atoms with Gasteiger partial charge in [-0.05, 0) is 11.5 Å². The van der Waals surface area contributed by atoms with Gasteiger partial charge < -0.3 is 15.2 Å². The Morgan fingerprint density at radius 2 is 2.12 bits per heavy atom. The number of fused-ring (bicyclic) bond motifs is 3. The largest absolute Gasteiger partial charge is 0.506 e. The van der Waals surface area contributed by atoms with Crippen molar-refractivity contribution >= 4 is 22.4 Å². The lowest BCUT2D eigenvalue weighted by molar-refractivity contribution is -0.118. The fourth-order valence-corrected chi connectivity index (χ4v) is 1.88. The van der Waals surface area contributed by atoms with Gasteiger partial charge in [0.2, 0.25) is 0 Å². The number of phenolic OH excluding ortho intramolecular Hbond substituents is 1. The molecule has 4 heteroatoms. The molecule has 1 heterocycles. The van der Waals surface area contributed by atoms with Gasteiger partial charge in [-0.2, -0.15) is 0 Å². The molecule has 0 atom stereocenters. The smallest absolute Gasteiger partial charge is 0.262 e. The molecular weight excluding hydrogens is 206 g/mol. The summed E-state index contributed by atoms with van der Waals surface area (Å²) in [5.74, 6) is 0.315. The van der Waals surface area contributed by atoms with E-state index < -0.39 is 0 Å². The maximum atomic E-state index is 11.2. The molecule has 0 spiro atoms. The Hall–Kier alpha value is -2.23. The van der Waals surface area contributed by atoms with Crippen molar-refractivity contribution in [2.75, 3.05) is 11.9 Å². The van der Waals surface area contributed by atoms with Gasteiger partial charge in [0.25, 0.3) is 5.91 Å². The van der Waals surface area contributed by atoms with Crippen molar-refractivity contribution in [1.82, 2.24) is 0 Å². The molecule has 16 heavy (non-hydrogen) atoms. The summed E-state index contributed by atoms with van der Waals surface area (Å²) in [7, 11) is 0. The average molecular weight is 215 g/mol. The second-order valence-corrected chi connectivity index (χ2v) is 3.66. The maximum Gasteiger partial charge on any atom is 0.262 e. The molecule has 0 aromatic heterocycles. The highest BCUT2D eigenvalue weighted by molar-refractivity contribution is 6.04. The van der Waals surface area contributed by atoms with Gasteiger partial charge in [0.1, 0.15) is 11.4 Å². The van der Waals surface area contributed by atoms with E-state index in [0.29, 0.717) is 11.4 Å². The van der Waals surface area contributed by atoms with Crippen LogP contribution in [0.15, 0.2) is 30.3 Å². The van der Waals surface area contributed by atoms with Crippen LogP contribution in [-0.4, -0.2) is 17.6 Å². The minimum Gasteiger partial charge on any atom is -0.506 e. The van der Waals surface area contributed by atoms with Gasteiger partial charge in [0.15, 0.2) is 12.4 Å². The molecule has 0 saturated carbocycles. The lowest BCUT2D eigenvalue weighted by Crippen LogP contribution is -2.25. The molecular formula is C12H9NO3. The fraction of sp³-hybridized carbons (Fsp3) is 0.0833. The second-order valence-electron chi connectivity index (χ2n) is 3.66. The third kappa shape index (κ3) is 1.20. The van der Waals surface area contributed by atoms with E-state index >= 15 is 0 Å². The fourth-order valence-electron chi connectivity index (χ4n) is 1.88. The predicted octanol–water partition coefficient (Wildman–Crippen LogP) is 1.88. The van der Waals surface area contributed by atoms with Crippen LogP contribution in [0.5, 0.6) is 11.5 Å². The number of aromatic hydroxyl groups is 1. The normalized spacial score (nSPS) is 14.1. The number of benzene rings is 2. The molecule has 0 unspecified atom stereocenters. The molecule has 3 rings (SSSR count). The van der Waals surface area contributed by atoms with Crippen molar-refractivity contribution in [2.45, 2.75) is 0 Å². The van der Waals surface area contributed by atoms with Crippen LogP contribution in [-0.2, 0) is 4.79 Å². The molecule has 80 valence electrons. The molecule has 0 bridgehead atoms. The highest BCUT2D eigenvalue weighted by Gasteiger charge is 2.21. The number of rotatable bonds is 0.